The molecule has 0 saturated carbocycles. The summed E-state index contributed by atoms with van der Waals surface area (Å²) in [5.41, 5.74) is 6.07. The quantitative estimate of drug-likeness (QED) is 0.726. The Morgan fingerprint density at radius 3 is 2.62 bits per heavy atom. The average Bonchev–Trinajstić information content (AvgIpc) is 2.59. The Hall–Kier alpha value is -0.830. The first-order chi connectivity index (χ1) is 6.27. The van der Waals surface area contributed by atoms with E-state index in [4.69, 9.17) is 5.73 Å². The predicted molar refractivity (Wildman–Crippen MR) is 54.3 cm³/mol. The number of nitrogens with one attached hydrogen (secondary N) is 1. The number of aromatic nitrogens is 2. The molecular formula is C10H19N3. The minimum Gasteiger partial charge on any atom is -0.349 e. The molecule has 74 valence electrons. The maximum absolute atomic E-state index is 6.07. The van der Waals surface area contributed by atoms with Gasteiger partial charge in [0.2, 0.25) is 0 Å². The number of nitrogens with two attached hydrogens (primary N) is 1. The summed E-state index contributed by atoms with van der Waals surface area (Å²) >= 11 is 0. The molecule has 3 heteroatoms. The van der Waals surface area contributed by atoms with Gasteiger partial charge in [-0.05, 0) is 5.92 Å². The van der Waals surface area contributed by atoms with Gasteiger partial charge in [0, 0.05) is 24.9 Å². The van der Waals surface area contributed by atoms with Crippen LogP contribution in [0.5, 0.6) is 0 Å². The van der Waals surface area contributed by atoms with Crippen molar-refractivity contribution in [3.05, 3.63) is 18.2 Å². The molecule has 1 rings (SSSR count). The third kappa shape index (κ3) is 2.84. The van der Waals surface area contributed by atoms with E-state index in [1.54, 1.807) is 6.20 Å². The number of aromatic amines is 1. The fraction of sp³-hybridized carbons (Fsp3) is 0.700. The third-order valence-electron chi connectivity index (χ3n) is 2.64. The number of rotatable bonds is 5. The molecule has 1 atom stereocenters. The lowest BCUT2D eigenvalue weighted by molar-refractivity contribution is 0.389. The van der Waals surface area contributed by atoms with Gasteiger partial charge in [0.05, 0.1) is 0 Å². The van der Waals surface area contributed by atoms with E-state index in [0.717, 1.165) is 25.1 Å². The van der Waals surface area contributed by atoms with Crippen molar-refractivity contribution in [2.24, 2.45) is 11.7 Å². The van der Waals surface area contributed by atoms with Crippen molar-refractivity contribution >= 4 is 0 Å². The Morgan fingerprint density at radius 1 is 1.46 bits per heavy atom. The number of hydrogen-bond acceptors (Lipinski definition) is 2. The van der Waals surface area contributed by atoms with Crippen LogP contribution in [0.2, 0.25) is 0 Å². The monoisotopic (exact) mass is 181 g/mol. The first-order valence-corrected chi connectivity index (χ1v) is 5.01. The largest absolute Gasteiger partial charge is 0.349 e. The second kappa shape index (κ2) is 5.02. The molecule has 3 nitrogen and oxygen atoms in total. The van der Waals surface area contributed by atoms with Gasteiger partial charge >= 0.3 is 0 Å². The normalized spacial score (nSPS) is 13.5. The summed E-state index contributed by atoms with van der Waals surface area (Å²) in [7, 11) is 0. The zero-order valence-electron chi connectivity index (χ0n) is 8.46. The van der Waals surface area contributed by atoms with Crippen molar-refractivity contribution in [3.63, 3.8) is 0 Å². The fourth-order valence-corrected chi connectivity index (χ4v) is 1.69. The summed E-state index contributed by atoms with van der Waals surface area (Å²) in [6.07, 6.45) is 6.78. The van der Waals surface area contributed by atoms with Crippen molar-refractivity contribution in [2.75, 3.05) is 0 Å². The van der Waals surface area contributed by atoms with Gasteiger partial charge in [-0.1, -0.05) is 26.7 Å². The van der Waals surface area contributed by atoms with Crippen LogP contribution in [0.1, 0.15) is 32.5 Å². The minimum atomic E-state index is 0.237. The van der Waals surface area contributed by atoms with Crippen LogP contribution in [0.15, 0.2) is 12.4 Å². The predicted octanol–water partition coefficient (Wildman–Crippen LogP) is 1.72. The molecule has 0 aromatic carbocycles. The van der Waals surface area contributed by atoms with E-state index in [0.29, 0.717) is 5.92 Å². The number of hydrogen-bond donors (Lipinski definition) is 2. The second-order valence-corrected chi connectivity index (χ2v) is 3.48. The number of imidazole rings is 1. The lowest BCUT2D eigenvalue weighted by Crippen LogP contribution is -2.32. The molecule has 0 bridgehead atoms. The Kier molecular flexibility index (Phi) is 3.96. The Labute approximate surface area is 79.8 Å². The van der Waals surface area contributed by atoms with Crippen molar-refractivity contribution < 1.29 is 0 Å². The summed E-state index contributed by atoms with van der Waals surface area (Å²) in [5.74, 6) is 1.62. The molecule has 0 spiro atoms. The zero-order chi connectivity index (χ0) is 9.68. The summed E-state index contributed by atoms with van der Waals surface area (Å²) < 4.78 is 0. The minimum absolute atomic E-state index is 0.237. The summed E-state index contributed by atoms with van der Waals surface area (Å²) in [5, 5.41) is 0. The Balaban J connectivity index is 2.44. The summed E-state index contributed by atoms with van der Waals surface area (Å²) in [6, 6.07) is 0.237. The molecule has 0 aliphatic rings. The molecule has 1 aromatic heterocycles. The fourth-order valence-electron chi connectivity index (χ4n) is 1.69. The number of nitrogens with zero attached hydrogens (tertiary/aromatic N) is 1. The van der Waals surface area contributed by atoms with E-state index >= 15 is 0 Å². The van der Waals surface area contributed by atoms with E-state index in [1.165, 1.54) is 0 Å². The molecular weight excluding hydrogens is 162 g/mol. The molecule has 1 aromatic rings. The van der Waals surface area contributed by atoms with E-state index in [1.807, 2.05) is 6.20 Å². The summed E-state index contributed by atoms with van der Waals surface area (Å²) in [6.45, 7) is 4.38. The Bertz CT molecular complexity index is 214. The van der Waals surface area contributed by atoms with E-state index in [9.17, 15) is 0 Å². The molecule has 0 aliphatic heterocycles. The standard InChI is InChI=1S/C10H19N3/c1-3-8(4-2)9(11)7-10-12-5-6-13-10/h5-6,8-9H,3-4,7,11H2,1-2H3,(H,12,13). The lowest BCUT2D eigenvalue weighted by Gasteiger charge is -2.19. The van der Waals surface area contributed by atoms with Crippen LogP contribution in [0.4, 0.5) is 0 Å². The van der Waals surface area contributed by atoms with Gasteiger partial charge in [-0.15, -0.1) is 0 Å². The van der Waals surface area contributed by atoms with Crippen LogP contribution >= 0.6 is 0 Å². The van der Waals surface area contributed by atoms with Crippen LogP contribution in [0.3, 0.4) is 0 Å². The summed E-state index contributed by atoms with van der Waals surface area (Å²) in [4.78, 5) is 7.25. The van der Waals surface area contributed by atoms with E-state index < -0.39 is 0 Å². The maximum atomic E-state index is 6.07. The molecule has 13 heavy (non-hydrogen) atoms. The first-order valence-electron chi connectivity index (χ1n) is 5.01. The highest BCUT2D eigenvalue weighted by Crippen LogP contribution is 2.13. The molecule has 1 unspecified atom stereocenters. The van der Waals surface area contributed by atoms with Gasteiger partial charge in [-0.2, -0.15) is 0 Å². The van der Waals surface area contributed by atoms with Crippen molar-refractivity contribution in [3.8, 4) is 0 Å². The molecule has 0 radical (unpaired) electrons. The van der Waals surface area contributed by atoms with Gasteiger partial charge in [0.25, 0.3) is 0 Å². The van der Waals surface area contributed by atoms with Crippen LogP contribution < -0.4 is 5.73 Å². The van der Waals surface area contributed by atoms with Gasteiger partial charge in [-0.25, -0.2) is 4.98 Å². The van der Waals surface area contributed by atoms with Crippen molar-refractivity contribution in [1.29, 1.82) is 0 Å². The van der Waals surface area contributed by atoms with Crippen LogP contribution in [0, 0.1) is 5.92 Å². The number of H-pyrrole nitrogens is 1. The Morgan fingerprint density at radius 2 is 2.15 bits per heavy atom. The third-order valence-corrected chi connectivity index (χ3v) is 2.64. The lowest BCUT2D eigenvalue weighted by atomic mass is 9.92. The van der Waals surface area contributed by atoms with E-state index in [-0.39, 0.29) is 6.04 Å². The second-order valence-electron chi connectivity index (χ2n) is 3.48. The molecule has 3 N–H and O–H groups in total. The average molecular weight is 181 g/mol. The van der Waals surface area contributed by atoms with Crippen molar-refractivity contribution in [2.45, 2.75) is 39.2 Å². The highest BCUT2D eigenvalue weighted by molar-refractivity contribution is 4.91. The molecule has 1 heterocycles. The molecule has 0 saturated heterocycles. The van der Waals surface area contributed by atoms with Crippen LogP contribution in [0.25, 0.3) is 0 Å². The van der Waals surface area contributed by atoms with Crippen LogP contribution in [-0.4, -0.2) is 16.0 Å². The molecule has 0 amide bonds. The van der Waals surface area contributed by atoms with Crippen LogP contribution in [-0.2, 0) is 6.42 Å². The topological polar surface area (TPSA) is 54.7 Å². The van der Waals surface area contributed by atoms with Gasteiger partial charge < -0.3 is 10.7 Å². The zero-order valence-corrected chi connectivity index (χ0v) is 8.46. The molecule has 0 fully saturated rings. The van der Waals surface area contributed by atoms with E-state index in [2.05, 4.69) is 23.8 Å². The maximum Gasteiger partial charge on any atom is 0.107 e. The molecule has 0 aliphatic carbocycles. The highest BCUT2D eigenvalue weighted by Gasteiger charge is 2.14. The van der Waals surface area contributed by atoms with Gasteiger partial charge in [0.15, 0.2) is 0 Å². The van der Waals surface area contributed by atoms with Gasteiger partial charge in [0.1, 0.15) is 5.82 Å². The smallest absolute Gasteiger partial charge is 0.107 e. The highest BCUT2D eigenvalue weighted by atomic mass is 14.9. The van der Waals surface area contributed by atoms with Crippen molar-refractivity contribution in [1.82, 2.24) is 9.97 Å². The van der Waals surface area contributed by atoms with Gasteiger partial charge in [-0.3, -0.25) is 0 Å². The first kappa shape index (κ1) is 10.3. The SMILES string of the molecule is CCC(CC)C(N)Cc1ncc[nH]1.